The molecule has 3 rings (SSSR count). The number of anilines is 1. The molecule has 166 valence electrons. The van der Waals surface area contributed by atoms with Crippen LogP contribution in [0.2, 0.25) is 5.02 Å². The number of methoxy groups -OCH3 is 1. The second-order valence-corrected chi connectivity index (χ2v) is 9.83. The number of aromatic amines is 1. The van der Waals surface area contributed by atoms with Crippen LogP contribution in [0.25, 0.3) is 11.0 Å². The molecule has 0 bridgehead atoms. The number of H-pyrrole nitrogens is 1. The average Bonchev–Trinajstić information content (AvgIpc) is 3.15. The van der Waals surface area contributed by atoms with Crippen LogP contribution in [-0.4, -0.2) is 54.6 Å². The first-order valence-corrected chi connectivity index (χ1v) is 12.3. The minimum Gasteiger partial charge on any atom is -0.495 e. The molecule has 1 heterocycles. The van der Waals surface area contributed by atoms with Crippen molar-refractivity contribution in [3.63, 3.8) is 0 Å². The average molecular weight is 483 g/mol. The van der Waals surface area contributed by atoms with Gasteiger partial charge in [0.25, 0.3) is 0 Å². The Morgan fingerprint density at radius 2 is 1.97 bits per heavy atom. The molecule has 0 aliphatic heterocycles. The van der Waals surface area contributed by atoms with E-state index in [0.29, 0.717) is 29.0 Å². The van der Waals surface area contributed by atoms with E-state index in [1.807, 2.05) is 0 Å². The van der Waals surface area contributed by atoms with Crippen LogP contribution in [0.5, 0.6) is 5.75 Å². The third-order valence-electron chi connectivity index (χ3n) is 4.55. The van der Waals surface area contributed by atoms with E-state index in [-0.39, 0.29) is 22.2 Å². The van der Waals surface area contributed by atoms with Crippen molar-refractivity contribution in [3.8, 4) is 5.75 Å². The molecular formula is C20H23ClN4O4S2. The van der Waals surface area contributed by atoms with Crippen LogP contribution in [0.1, 0.15) is 13.8 Å². The van der Waals surface area contributed by atoms with Crippen molar-refractivity contribution in [1.29, 1.82) is 0 Å². The summed E-state index contributed by atoms with van der Waals surface area (Å²) in [6, 6.07) is 9.72. The summed E-state index contributed by atoms with van der Waals surface area (Å²) < 4.78 is 32.2. The van der Waals surface area contributed by atoms with Gasteiger partial charge in [0.15, 0.2) is 5.16 Å². The maximum absolute atomic E-state index is 12.8. The summed E-state index contributed by atoms with van der Waals surface area (Å²) in [5, 5.41) is 3.91. The van der Waals surface area contributed by atoms with Gasteiger partial charge in [0.1, 0.15) is 5.75 Å². The highest BCUT2D eigenvalue weighted by molar-refractivity contribution is 7.99. The molecule has 8 nitrogen and oxygen atoms in total. The van der Waals surface area contributed by atoms with E-state index in [9.17, 15) is 13.2 Å². The van der Waals surface area contributed by atoms with E-state index < -0.39 is 10.0 Å². The van der Waals surface area contributed by atoms with Gasteiger partial charge in [-0.1, -0.05) is 37.2 Å². The van der Waals surface area contributed by atoms with E-state index >= 15 is 0 Å². The third-order valence-corrected chi connectivity index (χ3v) is 7.70. The maximum atomic E-state index is 12.8. The standard InChI is InChI=1S/C20H23ClN4O4S2/c1-4-25(5-2)31(27,28)14-7-9-18(29-3)17(11-14)22-19(26)12-30-20-23-15-8-6-13(21)10-16(15)24-20/h6-11H,4-5,12H2,1-3H3,(H,22,26)(H,23,24). The molecule has 1 aromatic heterocycles. The predicted molar refractivity (Wildman–Crippen MR) is 124 cm³/mol. The molecule has 0 saturated heterocycles. The molecule has 0 aliphatic carbocycles. The van der Waals surface area contributed by atoms with Crippen molar-refractivity contribution in [1.82, 2.24) is 14.3 Å². The molecule has 0 atom stereocenters. The van der Waals surface area contributed by atoms with Gasteiger partial charge in [0.05, 0.1) is 34.5 Å². The largest absolute Gasteiger partial charge is 0.495 e. The van der Waals surface area contributed by atoms with Gasteiger partial charge in [-0.3, -0.25) is 4.79 Å². The van der Waals surface area contributed by atoms with Crippen molar-refractivity contribution in [2.45, 2.75) is 23.9 Å². The first-order valence-electron chi connectivity index (χ1n) is 9.54. The Labute approximate surface area is 190 Å². The molecule has 2 aromatic carbocycles. The SMILES string of the molecule is CCN(CC)S(=O)(=O)c1ccc(OC)c(NC(=O)CSc2nc3ccc(Cl)cc3[nH]2)c1. The number of rotatable bonds is 9. The number of fused-ring (bicyclic) bond motifs is 1. The molecule has 3 aromatic rings. The number of carbonyl (C=O) groups is 1. The molecule has 0 fully saturated rings. The van der Waals surface area contributed by atoms with Gasteiger partial charge in [-0.2, -0.15) is 4.31 Å². The molecule has 0 unspecified atom stereocenters. The van der Waals surface area contributed by atoms with Crippen molar-refractivity contribution in [2.24, 2.45) is 0 Å². The smallest absolute Gasteiger partial charge is 0.243 e. The third kappa shape index (κ3) is 5.32. The lowest BCUT2D eigenvalue weighted by Crippen LogP contribution is -2.30. The van der Waals surface area contributed by atoms with E-state index in [0.717, 1.165) is 11.0 Å². The van der Waals surface area contributed by atoms with E-state index in [1.54, 1.807) is 32.0 Å². The minimum atomic E-state index is -3.66. The van der Waals surface area contributed by atoms with Crippen LogP contribution in [0.3, 0.4) is 0 Å². The lowest BCUT2D eigenvalue weighted by atomic mass is 10.3. The molecule has 0 saturated carbocycles. The van der Waals surface area contributed by atoms with Gasteiger partial charge >= 0.3 is 0 Å². The second kappa shape index (κ2) is 9.90. The zero-order chi connectivity index (χ0) is 22.6. The molecule has 2 N–H and O–H groups in total. The first kappa shape index (κ1) is 23.4. The monoisotopic (exact) mass is 482 g/mol. The molecule has 0 aliphatic rings. The fourth-order valence-corrected chi connectivity index (χ4v) is 5.35. The van der Waals surface area contributed by atoms with Crippen LogP contribution in [-0.2, 0) is 14.8 Å². The van der Waals surface area contributed by atoms with Crippen molar-refractivity contribution < 1.29 is 17.9 Å². The Bertz CT molecular complexity index is 1190. The molecule has 11 heteroatoms. The zero-order valence-corrected chi connectivity index (χ0v) is 19.7. The number of sulfonamides is 1. The second-order valence-electron chi connectivity index (χ2n) is 6.49. The number of halogens is 1. The van der Waals surface area contributed by atoms with Crippen LogP contribution >= 0.6 is 23.4 Å². The number of amides is 1. The van der Waals surface area contributed by atoms with Crippen molar-refractivity contribution >= 4 is 56.0 Å². The van der Waals surface area contributed by atoms with Crippen LogP contribution in [0.4, 0.5) is 5.69 Å². The number of benzene rings is 2. The quantitative estimate of drug-likeness (QED) is 0.447. The molecule has 0 spiro atoms. The van der Waals surface area contributed by atoms with Gasteiger partial charge in [0, 0.05) is 18.1 Å². The summed E-state index contributed by atoms with van der Waals surface area (Å²) >= 11 is 7.21. The van der Waals surface area contributed by atoms with Gasteiger partial charge in [-0.05, 0) is 36.4 Å². The number of nitrogens with zero attached hydrogens (tertiary/aromatic N) is 2. The summed E-state index contributed by atoms with van der Waals surface area (Å²) in [4.78, 5) is 20.1. The highest BCUT2D eigenvalue weighted by atomic mass is 35.5. The number of imidazole rings is 1. The number of thioether (sulfide) groups is 1. The maximum Gasteiger partial charge on any atom is 0.243 e. The highest BCUT2D eigenvalue weighted by Crippen LogP contribution is 2.29. The van der Waals surface area contributed by atoms with Crippen molar-refractivity contribution in [2.75, 3.05) is 31.3 Å². The number of aromatic nitrogens is 2. The summed E-state index contributed by atoms with van der Waals surface area (Å²) in [5.41, 5.74) is 1.83. The summed E-state index contributed by atoms with van der Waals surface area (Å²) in [6.07, 6.45) is 0. The Morgan fingerprint density at radius 3 is 2.65 bits per heavy atom. The molecule has 1 amide bonds. The Kier molecular flexibility index (Phi) is 7.47. The summed E-state index contributed by atoms with van der Waals surface area (Å²) in [6.45, 7) is 4.25. The number of carbonyl (C=O) groups excluding carboxylic acids is 1. The zero-order valence-electron chi connectivity index (χ0n) is 17.3. The summed E-state index contributed by atoms with van der Waals surface area (Å²) in [5.74, 6) is 0.124. The summed E-state index contributed by atoms with van der Waals surface area (Å²) in [7, 11) is -2.21. The number of nitrogens with one attached hydrogen (secondary N) is 2. The van der Waals surface area contributed by atoms with Crippen LogP contribution in [0, 0.1) is 0 Å². The number of hydrogen-bond acceptors (Lipinski definition) is 6. The van der Waals surface area contributed by atoms with Gasteiger partial charge in [-0.15, -0.1) is 0 Å². The van der Waals surface area contributed by atoms with Gasteiger partial charge in [-0.25, -0.2) is 13.4 Å². The Morgan fingerprint density at radius 1 is 1.23 bits per heavy atom. The van der Waals surface area contributed by atoms with Gasteiger partial charge in [0.2, 0.25) is 15.9 Å². The van der Waals surface area contributed by atoms with Crippen molar-refractivity contribution in [3.05, 3.63) is 41.4 Å². The topological polar surface area (TPSA) is 104 Å². The molecule has 31 heavy (non-hydrogen) atoms. The molecular weight excluding hydrogens is 460 g/mol. The first-order chi connectivity index (χ1) is 14.8. The molecule has 0 radical (unpaired) electrons. The van der Waals surface area contributed by atoms with Crippen LogP contribution < -0.4 is 10.1 Å². The van der Waals surface area contributed by atoms with E-state index in [1.165, 1.54) is 41.4 Å². The minimum absolute atomic E-state index is 0.0731. The van der Waals surface area contributed by atoms with Gasteiger partial charge < -0.3 is 15.0 Å². The highest BCUT2D eigenvalue weighted by Gasteiger charge is 2.23. The van der Waals surface area contributed by atoms with Crippen LogP contribution in [0.15, 0.2) is 46.5 Å². The predicted octanol–water partition coefficient (Wildman–Crippen LogP) is 3.99. The lowest BCUT2D eigenvalue weighted by Gasteiger charge is -2.19. The number of hydrogen-bond donors (Lipinski definition) is 2. The number of ether oxygens (including phenoxy) is 1. The van der Waals surface area contributed by atoms with E-state index in [2.05, 4.69) is 15.3 Å². The fraction of sp³-hybridized carbons (Fsp3) is 0.300. The van der Waals surface area contributed by atoms with E-state index in [4.69, 9.17) is 16.3 Å². The Balaban J connectivity index is 1.74. The lowest BCUT2D eigenvalue weighted by molar-refractivity contribution is -0.113. The normalized spacial score (nSPS) is 11.8. The fourth-order valence-electron chi connectivity index (χ4n) is 3.00. The Hall–Kier alpha value is -2.27.